The normalized spacial score (nSPS) is 16.1. The van der Waals surface area contributed by atoms with Crippen molar-refractivity contribution in [1.82, 2.24) is 14.5 Å². The largest absolute Gasteiger partial charge is 0.364 e. The van der Waals surface area contributed by atoms with Crippen molar-refractivity contribution >= 4 is 5.82 Å². The van der Waals surface area contributed by atoms with Crippen LogP contribution >= 0.6 is 0 Å². The average Bonchev–Trinajstić information content (AvgIpc) is 2.87. The number of rotatable bonds is 6. The lowest BCUT2D eigenvalue weighted by atomic mass is 10.4. The molecular weight excluding hydrogens is 228 g/mol. The quantitative estimate of drug-likeness (QED) is 0.823. The molecule has 0 saturated carbocycles. The second-order valence-corrected chi connectivity index (χ2v) is 4.75. The molecule has 0 bridgehead atoms. The molecule has 0 radical (unpaired) electrons. The number of likely N-dealkylation sites (tertiary alicyclic amines) is 1. The van der Waals surface area contributed by atoms with Gasteiger partial charge in [0.15, 0.2) is 5.82 Å². The molecule has 1 aliphatic rings. The van der Waals surface area contributed by atoms with Gasteiger partial charge in [-0.2, -0.15) is 0 Å². The standard InChI is InChI=1S/C13H22N4O/c1-2-7-17-11-6-15-12(13(17)18)14-5-10-16-8-3-4-9-16/h6,11H,2-5,7-10H2,1H3,(H,14,15). The Balaban J connectivity index is 1.88. The maximum Gasteiger partial charge on any atom is 0.293 e. The third kappa shape index (κ3) is 3.32. The van der Waals surface area contributed by atoms with E-state index < -0.39 is 0 Å². The van der Waals surface area contributed by atoms with Crippen molar-refractivity contribution in [2.75, 3.05) is 31.5 Å². The van der Waals surface area contributed by atoms with E-state index in [9.17, 15) is 4.79 Å². The van der Waals surface area contributed by atoms with Gasteiger partial charge in [-0.15, -0.1) is 0 Å². The van der Waals surface area contributed by atoms with Crippen LogP contribution < -0.4 is 10.9 Å². The molecule has 0 aromatic carbocycles. The van der Waals surface area contributed by atoms with E-state index in [-0.39, 0.29) is 5.56 Å². The summed E-state index contributed by atoms with van der Waals surface area (Å²) in [5.74, 6) is 0.477. The maximum atomic E-state index is 12.0. The number of hydrogen-bond donors (Lipinski definition) is 1. The highest BCUT2D eigenvalue weighted by molar-refractivity contribution is 5.30. The molecule has 0 amide bonds. The molecule has 0 atom stereocenters. The van der Waals surface area contributed by atoms with Gasteiger partial charge in [-0.05, 0) is 32.4 Å². The van der Waals surface area contributed by atoms with Gasteiger partial charge in [0.1, 0.15) is 0 Å². The number of nitrogens with one attached hydrogen (secondary N) is 1. The van der Waals surface area contributed by atoms with Gasteiger partial charge in [-0.25, -0.2) is 4.98 Å². The molecule has 1 saturated heterocycles. The van der Waals surface area contributed by atoms with Crippen molar-refractivity contribution in [2.24, 2.45) is 0 Å². The van der Waals surface area contributed by atoms with Crippen molar-refractivity contribution in [2.45, 2.75) is 32.7 Å². The Morgan fingerprint density at radius 2 is 2.11 bits per heavy atom. The highest BCUT2D eigenvalue weighted by atomic mass is 16.1. The van der Waals surface area contributed by atoms with Crippen LogP contribution in [0.15, 0.2) is 17.2 Å². The summed E-state index contributed by atoms with van der Waals surface area (Å²) in [6.07, 6.45) is 6.99. The van der Waals surface area contributed by atoms with Gasteiger partial charge in [0.05, 0.1) is 0 Å². The third-order valence-electron chi connectivity index (χ3n) is 3.30. The molecule has 5 nitrogen and oxygen atoms in total. The Bertz CT molecular complexity index is 423. The Hall–Kier alpha value is -1.36. The van der Waals surface area contributed by atoms with Gasteiger partial charge in [0.2, 0.25) is 0 Å². The van der Waals surface area contributed by atoms with Crippen molar-refractivity contribution in [3.8, 4) is 0 Å². The number of aromatic nitrogens is 2. The molecule has 1 aromatic heterocycles. The van der Waals surface area contributed by atoms with Gasteiger partial charge in [-0.1, -0.05) is 6.92 Å². The molecule has 1 N–H and O–H groups in total. The Morgan fingerprint density at radius 3 is 2.83 bits per heavy atom. The van der Waals surface area contributed by atoms with E-state index in [1.807, 2.05) is 0 Å². The molecule has 2 rings (SSSR count). The van der Waals surface area contributed by atoms with Crippen LogP contribution in [0, 0.1) is 0 Å². The summed E-state index contributed by atoms with van der Waals surface area (Å²) < 4.78 is 1.71. The first kappa shape index (κ1) is 13.1. The van der Waals surface area contributed by atoms with Crippen LogP contribution in [0.3, 0.4) is 0 Å². The van der Waals surface area contributed by atoms with Crippen LogP contribution in [-0.2, 0) is 6.54 Å². The van der Waals surface area contributed by atoms with E-state index in [2.05, 4.69) is 22.1 Å². The highest BCUT2D eigenvalue weighted by Gasteiger charge is 2.11. The summed E-state index contributed by atoms with van der Waals surface area (Å²) in [4.78, 5) is 18.5. The second kappa shape index (κ2) is 6.54. The van der Waals surface area contributed by atoms with Gasteiger partial charge in [-0.3, -0.25) is 4.79 Å². The van der Waals surface area contributed by atoms with E-state index in [4.69, 9.17) is 0 Å². The Kier molecular flexibility index (Phi) is 4.75. The molecule has 0 aliphatic carbocycles. The first-order chi connectivity index (χ1) is 8.81. The Labute approximate surface area is 108 Å². The summed E-state index contributed by atoms with van der Waals surface area (Å²) in [6.45, 7) is 6.96. The van der Waals surface area contributed by atoms with Crippen LogP contribution in [0.25, 0.3) is 0 Å². The van der Waals surface area contributed by atoms with Crippen molar-refractivity contribution in [3.63, 3.8) is 0 Å². The summed E-state index contributed by atoms with van der Waals surface area (Å²) in [5, 5.41) is 3.15. The summed E-state index contributed by atoms with van der Waals surface area (Å²) in [6, 6.07) is 0. The van der Waals surface area contributed by atoms with E-state index >= 15 is 0 Å². The van der Waals surface area contributed by atoms with Crippen LogP contribution in [0.2, 0.25) is 0 Å². The van der Waals surface area contributed by atoms with Gasteiger partial charge >= 0.3 is 0 Å². The van der Waals surface area contributed by atoms with Crippen molar-refractivity contribution in [1.29, 1.82) is 0 Å². The summed E-state index contributed by atoms with van der Waals surface area (Å²) in [7, 11) is 0. The summed E-state index contributed by atoms with van der Waals surface area (Å²) in [5.41, 5.74) is -0.0132. The Morgan fingerprint density at radius 1 is 1.33 bits per heavy atom. The minimum atomic E-state index is -0.0132. The van der Waals surface area contributed by atoms with Gasteiger partial charge < -0.3 is 14.8 Å². The van der Waals surface area contributed by atoms with E-state index in [0.717, 1.165) is 26.1 Å². The number of hydrogen-bond acceptors (Lipinski definition) is 4. The maximum absolute atomic E-state index is 12.0. The molecule has 1 fully saturated rings. The fourth-order valence-corrected chi connectivity index (χ4v) is 2.32. The number of aryl methyl sites for hydroxylation is 1. The zero-order valence-corrected chi connectivity index (χ0v) is 11.1. The lowest BCUT2D eigenvalue weighted by Gasteiger charge is -2.15. The first-order valence-corrected chi connectivity index (χ1v) is 6.83. The number of nitrogens with zero attached hydrogens (tertiary/aromatic N) is 3. The fraction of sp³-hybridized carbons (Fsp3) is 0.692. The minimum Gasteiger partial charge on any atom is -0.364 e. The fourth-order valence-electron chi connectivity index (χ4n) is 2.32. The lowest BCUT2D eigenvalue weighted by Crippen LogP contribution is -2.29. The molecule has 0 spiro atoms. The van der Waals surface area contributed by atoms with E-state index in [0.29, 0.717) is 5.82 Å². The highest BCUT2D eigenvalue weighted by Crippen LogP contribution is 2.06. The average molecular weight is 250 g/mol. The lowest BCUT2D eigenvalue weighted by molar-refractivity contribution is 0.352. The molecular formula is C13H22N4O. The molecule has 1 aromatic rings. The van der Waals surface area contributed by atoms with Crippen LogP contribution in [0.5, 0.6) is 0 Å². The minimum absolute atomic E-state index is 0.0132. The molecule has 1 aliphatic heterocycles. The molecule has 0 unspecified atom stereocenters. The topological polar surface area (TPSA) is 50.2 Å². The second-order valence-electron chi connectivity index (χ2n) is 4.75. The molecule has 18 heavy (non-hydrogen) atoms. The molecule has 2 heterocycles. The predicted molar refractivity (Wildman–Crippen MR) is 73.0 cm³/mol. The number of anilines is 1. The zero-order valence-electron chi connectivity index (χ0n) is 11.1. The van der Waals surface area contributed by atoms with Crippen LogP contribution in [0.1, 0.15) is 26.2 Å². The van der Waals surface area contributed by atoms with Crippen LogP contribution in [-0.4, -0.2) is 40.6 Å². The molecule has 100 valence electrons. The van der Waals surface area contributed by atoms with Crippen molar-refractivity contribution < 1.29 is 0 Å². The van der Waals surface area contributed by atoms with E-state index in [1.165, 1.54) is 25.9 Å². The first-order valence-electron chi connectivity index (χ1n) is 6.83. The predicted octanol–water partition coefficient (Wildman–Crippen LogP) is 1.16. The van der Waals surface area contributed by atoms with E-state index in [1.54, 1.807) is 17.0 Å². The zero-order chi connectivity index (χ0) is 12.8. The SMILES string of the molecule is CCCn1ccnc(NCCN2CCCC2)c1=O. The summed E-state index contributed by atoms with van der Waals surface area (Å²) >= 11 is 0. The smallest absolute Gasteiger partial charge is 0.293 e. The third-order valence-corrected chi connectivity index (χ3v) is 3.30. The van der Waals surface area contributed by atoms with Gasteiger partial charge in [0.25, 0.3) is 5.56 Å². The van der Waals surface area contributed by atoms with Gasteiger partial charge in [0, 0.05) is 32.0 Å². The monoisotopic (exact) mass is 250 g/mol. The van der Waals surface area contributed by atoms with Crippen molar-refractivity contribution in [3.05, 3.63) is 22.7 Å². The molecule has 5 heteroatoms. The van der Waals surface area contributed by atoms with Crippen LogP contribution in [0.4, 0.5) is 5.82 Å².